The molecular formula is C24H35N3O2. The van der Waals surface area contributed by atoms with Gasteiger partial charge in [0, 0.05) is 37.8 Å². The Balaban J connectivity index is 1.40. The number of piperazine rings is 1. The Bertz CT molecular complexity index is 697. The van der Waals surface area contributed by atoms with Crippen molar-refractivity contribution in [2.45, 2.75) is 64.3 Å². The van der Waals surface area contributed by atoms with Gasteiger partial charge in [0.05, 0.1) is 6.04 Å². The molecule has 1 N–H and O–H groups in total. The van der Waals surface area contributed by atoms with E-state index in [1.807, 2.05) is 24.3 Å². The highest BCUT2D eigenvalue weighted by atomic mass is 16.2. The van der Waals surface area contributed by atoms with Gasteiger partial charge in [-0.15, -0.1) is 0 Å². The van der Waals surface area contributed by atoms with E-state index in [2.05, 4.69) is 22.0 Å². The molecule has 0 aromatic heterocycles. The summed E-state index contributed by atoms with van der Waals surface area (Å²) in [5.41, 5.74) is 2.07. The van der Waals surface area contributed by atoms with E-state index in [4.69, 9.17) is 0 Å². The Morgan fingerprint density at radius 3 is 2.10 bits per heavy atom. The molecule has 29 heavy (non-hydrogen) atoms. The average molecular weight is 398 g/mol. The topological polar surface area (TPSA) is 52.7 Å². The van der Waals surface area contributed by atoms with E-state index in [0.29, 0.717) is 11.8 Å². The molecule has 3 fully saturated rings. The monoisotopic (exact) mass is 397 g/mol. The van der Waals surface area contributed by atoms with Gasteiger partial charge in [0.25, 0.3) is 0 Å². The molecule has 5 heteroatoms. The Hall–Kier alpha value is -1.88. The highest BCUT2D eigenvalue weighted by molar-refractivity contribution is 5.95. The third-order valence-electron chi connectivity index (χ3n) is 7.16. The van der Waals surface area contributed by atoms with Crippen LogP contribution in [0, 0.1) is 18.8 Å². The van der Waals surface area contributed by atoms with Gasteiger partial charge >= 0.3 is 0 Å². The zero-order valence-electron chi connectivity index (χ0n) is 17.7. The van der Waals surface area contributed by atoms with Gasteiger partial charge < -0.3 is 10.2 Å². The van der Waals surface area contributed by atoms with E-state index in [0.717, 1.165) is 57.5 Å². The molecule has 0 radical (unpaired) electrons. The molecule has 0 unspecified atom stereocenters. The van der Waals surface area contributed by atoms with Crippen LogP contribution in [0.4, 0.5) is 5.69 Å². The van der Waals surface area contributed by atoms with Crippen LogP contribution in [0.5, 0.6) is 0 Å². The Morgan fingerprint density at radius 1 is 0.897 bits per heavy atom. The standard InChI is InChI=1S/C24H35N3O2/c1-18-10-12-21(13-11-18)25-23(28)22(19-6-2-3-7-19)26-14-16-27(17-15-26)24(29)20-8-4-5-9-20/h10-13,19-20,22H,2-9,14-17H2,1H3,(H,25,28)/t22-/m0/s1. The zero-order chi connectivity index (χ0) is 20.2. The number of hydrogen-bond donors (Lipinski definition) is 1. The van der Waals surface area contributed by atoms with Crippen molar-refractivity contribution in [3.05, 3.63) is 29.8 Å². The first-order valence-corrected chi connectivity index (χ1v) is 11.5. The predicted molar refractivity (Wildman–Crippen MR) is 116 cm³/mol. The minimum Gasteiger partial charge on any atom is -0.340 e. The maximum Gasteiger partial charge on any atom is 0.242 e. The van der Waals surface area contributed by atoms with Crippen molar-refractivity contribution in [3.8, 4) is 0 Å². The SMILES string of the molecule is Cc1ccc(NC(=O)[C@H](C2CCCC2)N2CCN(C(=O)C3CCCC3)CC2)cc1. The zero-order valence-corrected chi connectivity index (χ0v) is 17.7. The number of hydrogen-bond acceptors (Lipinski definition) is 3. The lowest BCUT2D eigenvalue weighted by atomic mass is 9.94. The first-order chi connectivity index (χ1) is 14.1. The van der Waals surface area contributed by atoms with Crippen molar-refractivity contribution in [2.24, 2.45) is 11.8 Å². The normalized spacial score (nSPS) is 22.7. The largest absolute Gasteiger partial charge is 0.340 e. The summed E-state index contributed by atoms with van der Waals surface area (Å²) in [5.74, 6) is 1.15. The minimum atomic E-state index is -0.0810. The quantitative estimate of drug-likeness (QED) is 0.822. The molecule has 1 heterocycles. The van der Waals surface area contributed by atoms with Crippen LogP contribution in [0.1, 0.15) is 56.9 Å². The summed E-state index contributed by atoms with van der Waals surface area (Å²) in [7, 11) is 0. The van der Waals surface area contributed by atoms with Gasteiger partial charge in [-0.25, -0.2) is 0 Å². The summed E-state index contributed by atoms with van der Waals surface area (Å²) in [4.78, 5) is 30.4. The maximum absolute atomic E-state index is 13.3. The number of carbonyl (C=O) groups is 2. The molecule has 3 aliphatic rings. The van der Waals surface area contributed by atoms with Crippen LogP contribution in [0.3, 0.4) is 0 Å². The van der Waals surface area contributed by atoms with Crippen LogP contribution in [-0.2, 0) is 9.59 Å². The second kappa shape index (κ2) is 9.29. The molecule has 158 valence electrons. The maximum atomic E-state index is 13.3. The van der Waals surface area contributed by atoms with Crippen LogP contribution >= 0.6 is 0 Å². The summed E-state index contributed by atoms with van der Waals surface area (Å²) in [6, 6.07) is 7.96. The van der Waals surface area contributed by atoms with Crippen LogP contribution in [0.2, 0.25) is 0 Å². The fraction of sp³-hybridized carbons (Fsp3) is 0.667. The summed E-state index contributed by atoms with van der Waals surface area (Å²) in [6.07, 6.45) is 9.21. The number of nitrogens with one attached hydrogen (secondary N) is 1. The lowest BCUT2D eigenvalue weighted by molar-refractivity contribution is -0.138. The van der Waals surface area contributed by atoms with Crippen molar-refractivity contribution < 1.29 is 9.59 Å². The molecule has 4 rings (SSSR count). The predicted octanol–water partition coefficient (Wildman–Crippen LogP) is 3.83. The van der Waals surface area contributed by atoms with E-state index in [9.17, 15) is 9.59 Å². The number of rotatable bonds is 5. The molecule has 1 aromatic carbocycles. The highest BCUT2D eigenvalue weighted by Gasteiger charge is 2.38. The molecule has 1 atom stereocenters. The number of benzene rings is 1. The fourth-order valence-corrected chi connectivity index (χ4v) is 5.46. The number of anilines is 1. The van der Waals surface area contributed by atoms with Crippen LogP contribution in [0.15, 0.2) is 24.3 Å². The number of nitrogens with zero attached hydrogens (tertiary/aromatic N) is 2. The molecule has 2 saturated carbocycles. The molecule has 0 bridgehead atoms. The van der Waals surface area contributed by atoms with Crippen molar-refractivity contribution in [1.82, 2.24) is 9.80 Å². The van der Waals surface area contributed by atoms with Gasteiger partial charge in [0.2, 0.25) is 11.8 Å². The van der Waals surface area contributed by atoms with E-state index >= 15 is 0 Å². The van der Waals surface area contributed by atoms with E-state index < -0.39 is 0 Å². The smallest absolute Gasteiger partial charge is 0.242 e. The van der Waals surface area contributed by atoms with Crippen LogP contribution in [0.25, 0.3) is 0 Å². The molecule has 1 saturated heterocycles. The van der Waals surface area contributed by atoms with Crippen molar-refractivity contribution in [2.75, 3.05) is 31.5 Å². The number of amides is 2. The summed E-state index contributed by atoms with van der Waals surface area (Å²) < 4.78 is 0. The van der Waals surface area contributed by atoms with Crippen molar-refractivity contribution in [1.29, 1.82) is 0 Å². The molecule has 1 aliphatic heterocycles. The van der Waals surface area contributed by atoms with Gasteiger partial charge in [-0.2, -0.15) is 0 Å². The molecule has 1 aromatic rings. The molecular weight excluding hydrogens is 362 g/mol. The van der Waals surface area contributed by atoms with E-state index in [-0.39, 0.29) is 17.9 Å². The summed E-state index contributed by atoms with van der Waals surface area (Å²) in [5, 5.41) is 3.16. The van der Waals surface area contributed by atoms with Crippen molar-refractivity contribution >= 4 is 17.5 Å². The Labute approximate surface area is 174 Å². The third-order valence-corrected chi connectivity index (χ3v) is 7.16. The third kappa shape index (κ3) is 4.82. The van der Waals surface area contributed by atoms with Gasteiger partial charge in [-0.05, 0) is 50.7 Å². The van der Waals surface area contributed by atoms with Crippen LogP contribution in [-0.4, -0.2) is 53.8 Å². The second-order valence-corrected chi connectivity index (χ2v) is 9.19. The molecule has 0 spiro atoms. The first kappa shape index (κ1) is 20.4. The summed E-state index contributed by atoms with van der Waals surface area (Å²) >= 11 is 0. The highest BCUT2D eigenvalue weighted by Crippen LogP contribution is 2.32. The van der Waals surface area contributed by atoms with Gasteiger partial charge in [0.1, 0.15) is 0 Å². The first-order valence-electron chi connectivity index (χ1n) is 11.5. The molecule has 2 aliphatic carbocycles. The minimum absolute atomic E-state index is 0.0810. The average Bonchev–Trinajstić information content (AvgIpc) is 3.44. The molecule has 5 nitrogen and oxygen atoms in total. The fourth-order valence-electron chi connectivity index (χ4n) is 5.46. The van der Waals surface area contributed by atoms with Crippen LogP contribution < -0.4 is 5.32 Å². The Kier molecular flexibility index (Phi) is 6.53. The Morgan fingerprint density at radius 2 is 1.48 bits per heavy atom. The summed E-state index contributed by atoms with van der Waals surface area (Å²) in [6.45, 7) is 5.19. The van der Waals surface area contributed by atoms with E-state index in [1.54, 1.807) is 0 Å². The number of carbonyl (C=O) groups excluding carboxylic acids is 2. The molecule has 2 amide bonds. The van der Waals surface area contributed by atoms with Gasteiger partial charge in [0.15, 0.2) is 0 Å². The lowest BCUT2D eigenvalue weighted by Crippen LogP contribution is -2.57. The van der Waals surface area contributed by atoms with Crippen molar-refractivity contribution in [3.63, 3.8) is 0 Å². The second-order valence-electron chi connectivity index (χ2n) is 9.19. The van der Waals surface area contributed by atoms with E-state index in [1.165, 1.54) is 31.2 Å². The van der Waals surface area contributed by atoms with Gasteiger partial charge in [-0.1, -0.05) is 43.4 Å². The number of aryl methyl sites for hydroxylation is 1. The van der Waals surface area contributed by atoms with Gasteiger partial charge in [-0.3, -0.25) is 14.5 Å². The lowest BCUT2D eigenvalue weighted by Gasteiger charge is -2.41.